The van der Waals surface area contributed by atoms with Crippen molar-refractivity contribution in [3.63, 3.8) is 0 Å². The van der Waals surface area contributed by atoms with Crippen LogP contribution in [0.4, 0.5) is 0 Å². The van der Waals surface area contributed by atoms with Crippen molar-refractivity contribution in [2.45, 2.75) is 32.1 Å². The average Bonchev–Trinajstić information content (AvgIpc) is 1.79. The summed E-state index contributed by atoms with van der Waals surface area (Å²) in [4.78, 5) is 1.08. The van der Waals surface area contributed by atoms with Gasteiger partial charge in [-0.15, -0.1) is 0 Å². The van der Waals surface area contributed by atoms with E-state index in [0.29, 0.717) is 0 Å². The maximum absolute atomic E-state index is 5.03. The van der Waals surface area contributed by atoms with E-state index in [1.807, 2.05) is 6.08 Å². The van der Waals surface area contributed by atoms with Crippen molar-refractivity contribution in [1.29, 1.82) is 0 Å². The Morgan fingerprint density at radius 1 is 1.33 bits per heavy atom. The van der Waals surface area contributed by atoms with Gasteiger partial charge in [-0.25, -0.2) is 0 Å². The zero-order valence-corrected chi connectivity index (χ0v) is 6.34. The third-order valence-electron chi connectivity index (χ3n) is 1.51. The van der Waals surface area contributed by atoms with E-state index in [1.54, 1.807) is 0 Å². The molecule has 0 N–H and O–H groups in total. The molecule has 0 fully saturated rings. The van der Waals surface area contributed by atoms with E-state index in [9.17, 15) is 0 Å². The molecule has 0 bridgehead atoms. The van der Waals surface area contributed by atoms with Crippen molar-refractivity contribution in [2.24, 2.45) is 0 Å². The molecule has 0 saturated carbocycles. The van der Waals surface area contributed by atoms with Gasteiger partial charge >= 0.3 is 0 Å². The summed E-state index contributed by atoms with van der Waals surface area (Å²) in [6.45, 7) is 0. The molecule has 1 aliphatic rings. The minimum Gasteiger partial charge on any atom is -0.0849 e. The third-order valence-corrected chi connectivity index (χ3v) is 1.83. The highest BCUT2D eigenvalue weighted by Gasteiger charge is 1.95. The third kappa shape index (κ3) is 2.75. The first-order valence-electron chi connectivity index (χ1n) is 3.49. The standard InChI is InChI=1S/C8H11S/c9-8-6-4-2-1-3-5-7-8/h7H,1-4,6H2. The van der Waals surface area contributed by atoms with Gasteiger partial charge in [0.2, 0.25) is 0 Å². The lowest BCUT2D eigenvalue weighted by Gasteiger charge is -2.01. The van der Waals surface area contributed by atoms with E-state index in [1.165, 1.54) is 19.3 Å². The number of hydrogen-bond acceptors (Lipinski definition) is 1. The molecule has 1 radical (unpaired) electrons. The zero-order valence-electron chi connectivity index (χ0n) is 5.52. The summed E-state index contributed by atoms with van der Waals surface area (Å²) < 4.78 is 0. The largest absolute Gasteiger partial charge is 0.0849 e. The SMILES string of the molecule is S=C1/C=[C]\CCCCC1. The number of rotatable bonds is 0. The summed E-state index contributed by atoms with van der Waals surface area (Å²) >= 11 is 5.03. The highest BCUT2D eigenvalue weighted by Crippen LogP contribution is 2.08. The average molecular weight is 139 g/mol. The molecule has 1 aliphatic carbocycles. The fourth-order valence-electron chi connectivity index (χ4n) is 0.961. The van der Waals surface area contributed by atoms with Gasteiger partial charge in [0.25, 0.3) is 0 Å². The van der Waals surface area contributed by atoms with Crippen molar-refractivity contribution >= 4 is 17.1 Å². The molecule has 0 nitrogen and oxygen atoms in total. The molecule has 1 heteroatoms. The Kier molecular flexibility index (Phi) is 2.92. The smallest absolute Gasteiger partial charge is 0.0155 e. The predicted octanol–water partition coefficient (Wildman–Crippen LogP) is 2.68. The highest BCUT2D eigenvalue weighted by molar-refractivity contribution is 7.80. The summed E-state index contributed by atoms with van der Waals surface area (Å²) in [5, 5.41) is 0. The van der Waals surface area contributed by atoms with Crippen LogP contribution >= 0.6 is 12.2 Å². The Bertz CT molecular complexity index is 125. The summed E-state index contributed by atoms with van der Waals surface area (Å²) in [5.74, 6) is 0. The van der Waals surface area contributed by atoms with Crippen molar-refractivity contribution in [1.82, 2.24) is 0 Å². The topological polar surface area (TPSA) is 0 Å². The van der Waals surface area contributed by atoms with Crippen molar-refractivity contribution < 1.29 is 0 Å². The number of thiocarbonyl (C=S) groups is 1. The summed E-state index contributed by atoms with van der Waals surface area (Å²) in [6, 6.07) is 0. The summed E-state index contributed by atoms with van der Waals surface area (Å²) in [7, 11) is 0. The zero-order chi connectivity index (χ0) is 6.53. The maximum atomic E-state index is 5.03. The lowest BCUT2D eigenvalue weighted by molar-refractivity contribution is 0.697. The minimum atomic E-state index is 1.08. The molecule has 0 aromatic rings. The first-order valence-corrected chi connectivity index (χ1v) is 3.90. The molecule has 0 amide bonds. The normalized spacial score (nSPS) is 24.7. The van der Waals surface area contributed by atoms with Gasteiger partial charge in [-0.1, -0.05) is 18.6 Å². The van der Waals surface area contributed by atoms with Crippen molar-refractivity contribution in [3.8, 4) is 0 Å². The molecule has 0 saturated heterocycles. The maximum Gasteiger partial charge on any atom is 0.0155 e. The Hall–Kier alpha value is -0.170. The second kappa shape index (κ2) is 3.78. The lowest BCUT2D eigenvalue weighted by Crippen LogP contribution is -1.92. The fourth-order valence-corrected chi connectivity index (χ4v) is 1.19. The van der Waals surface area contributed by atoms with Crippen LogP contribution in [0.5, 0.6) is 0 Å². The molecule has 9 heavy (non-hydrogen) atoms. The van der Waals surface area contributed by atoms with Gasteiger partial charge in [0.1, 0.15) is 0 Å². The van der Waals surface area contributed by atoms with Gasteiger partial charge in [0, 0.05) is 4.86 Å². The van der Waals surface area contributed by atoms with Crippen LogP contribution in [0.1, 0.15) is 32.1 Å². The van der Waals surface area contributed by atoms with Crippen LogP contribution in [-0.2, 0) is 0 Å². The molecule has 0 aromatic heterocycles. The quantitative estimate of drug-likeness (QED) is 0.465. The van der Waals surface area contributed by atoms with Gasteiger partial charge in [-0.3, -0.25) is 0 Å². The molecular formula is C8H11S. The molecule has 0 heterocycles. The molecule has 0 aromatic carbocycles. The van der Waals surface area contributed by atoms with Gasteiger partial charge in [0.15, 0.2) is 0 Å². The van der Waals surface area contributed by atoms with Crippen LogP contribution in [0.3, 0.4) is 0 Å². The first kappa shape index (κ1) is 6.94. The van der Waals surface area contributed by atoms with E-state index in [-0.39, 0.29) is 0 Å². The second-order valence-corrected chi connectivity index (χ2v) is 2.90. The molecule has 0 unspecified atom stereocenters. The Morgan fingerprint density at radius 3 is 3.11 bits per heavy atom. The Labute approximate surface area is 62.0 Å². The van der Waals surface area contributed by atoms with Crippen molar-refractivity contribution in [3.05, 3.63) is 12.2 Å². The van der Waals surface area contributed by atoms with Gasteiger partial charge in [0.05, 0.1) is 0 Å². The molecule has 0 spiro atoms. The van der Waals surface area contributed by atoms with Crippen LogP contribution in [0.25, 0.3) is 0 Å². The molecule has 1 rings (SSSR count). The highest BCUT2D eigenvalue weighted by atomic mass is 32.1. The van der Waals surface area contributed by atoms with Crippen LogP contribution in [0.15, 0.2) is 6.08 Å². The molecule has 0 aliphatic heterocycles. The van der Waals surface area contributed by atoms with Crippen LogP contribution in [0, 0.1) is 6.08 Å². The molecule has 0 atom stereocenters. The van der Waals surface area contributed by atoms with Gasteiger partial charge in [-0.05, 0) is 37.8 Å². The Morgan fingerprint density at radius 2 is 2.22 bits per heavy atom. The lowest BCUT2D eigenvalue weighted by atomic mass is 10.1. The van der Waals surface area contributed by atoms with Gasteiger partial charge < -0.3 is 0 Å². The van der Waals surface area contributed by atoms with Crippen LogP contribution in [0.2, 0.25) is 0 Å². The van der Waals surface area contributed by atoms with Gasteiger partial charge in [-0.2, -0.15) is 0 Å². The van der Waals surface area contributed by atoms with Crippen molar-refractivity contribution in [2.75, 3.05) is 0 Å². The molecular weight excluding hydrogens is 128 g/mol. The van der Waals surface area contributed by atoms with Crippen LogP contribution in [-0.4, -0.2) is 4.86 Å². The van der Waals surface area contributed by atoms with Crippen LogP contribution < -0.4 is 0 Å². The number of hydrogen-bond donors (Lipinski definition) is 0. The monoisotopic (exact) mass is 139 g/mol. The number of allylic oxidation sites excluding steroid dienone is 2. The summed E-state index contributed by atoms with van der Waals surface area (Å²) in [6.07, 6.45) is 11.2. The fraction of sp³-hybridized carbons (Fsp3) is 0.625. The van der Waals surface area contributed by atoms with E-state index in [4.69, 9.17) is 12.2 Å². The second-order valence-electron chi connectivity index (χ2n) is 2.38. The van der Waals surface area contributed by atoms with E-state index in [2.05, 4.69) is 6.08 Å². The molecule has 49 valence electrons. The Balaban J connectivity index is 2.39. The summed E-state index contributed by atoms with van der Waals surface area (Å²) in [5.41, 5.74) is 0. The first-order chi connectivity index (χ1) is 4.39. The van der Waals surface area contributed by atoms with E-state index in [0.717, 1.165) is 17.7 Å². The minimum absolute atomic E-state index is 1.08. The van der Waals surface area contributed by atoms with E-state index < -0.39 is 0 Å². The predicted molar refractivity (Wildman–Crippen MR) is 43.5 cm³/mol. The van der Waals surface area contributed by atoms with E-state index >= 15 is 0 Å².